The highest BCUT2D eigenvalue weighted by Gasteiger charge is 2.09. The second kappa shape index (κ2) is 4.67. The average molecular weight is 274 g/mol. The lowest BCUT2D eigenvalue weighted by atomic mass is 9.97. The molecule has 0 saturated carbocycles. The molecule has 2 heterocycles. The van der Waals surface area contributed by atoms with E-state index < -0.39 is 0 Å². The molecule has 0 radical (unpaired) electrons. The molecule has 0 aliphatic heterocycles. The van der Waals surface area contributed by atoms with Crippen molar-refractivity contribution in [1.82, 2.24) is 0 Å². The van der Waals surface area contributed by atoms with Crippen LogP contribution in [0.3, 0.4) is 0 Å². The van der Waals surface area contributed by atoms with Crippen LogP contribution in [-0.2, 0) is 0 Å². The first-order valence-electron chi connectivity index (χ1n) is 6.94. The van der Waals surface area contributed by atoms with Gasteiger partial charge in [-0.2, -0.15) is 0 Å². The summed E-state index contributed by atoms with van der Waals surface area (Å²) >= 11 is 0. The Labute approximate surface area is 122 Å². The van der Waals surface area contributed by atoms with Gasteiger partial charge in [0.1, 0.15) is 11.5 Å². The van der Waals surface area contributed by atoms with Gasteiger partial charge in [0.2, 0.25) is 0 Å². The largest absolute Gasteiger partial charge is 0.464 e. The summed E-state index contributed by atoms with van der Waals surface area (Å²) < 4.78 is 11.0. The third-order valence-electron chi connectivity index (χ3n) is 3.88. The van der Waals surface area contributed by atoms with Gasteiger partial charge >= 0.3 is 0 Å². The van der Waals surface area contributed by atoms with E-state index in [1.165, 1.54) is 16.3 Å². The summed E-state index contributed by atoms with van der Waals surface area (Å²) in [5.74, 6) is 1.80. The van der Waals surface area contributed by atoms with Gasteiger partial charge in [0.05, 0.1) is 12.5 Å². The van der Waals surface area contributed by atoms with Crippen LogP contribution in [0.15, 0.2) is 76.0 Å². The predicted molar refractivity (Wildman–Crippen MR) is 84.1 cm³/mol. The molecular formula is C19H14O2. The lowest BCUT2D eigenvalue weighted by Gasteiger charge is -2.08. The summed E-state index contributed by atoms with van der Waals surface area (Å²) in [5, 5.41) is 2.44. The second-order valence-corrected chi connectivity index (χ2v) is 5.13. The molecule has 2 aromatic carbocycles. The van der Waals surface area contributed by atoms with E-state index in [4.69, 9.17) is 8.83 Å². The number of hydrogen-bond acceptors (Lipinski definition) is 2. The summed E-state index contributed by atoms with van der Waals surface area (Å²) in [7, 11) is 0. The zero-order valence-electron chi connectivity index (χ0n) is 11.7. The van der Waals surface area contributed by atoms with Gasteiger partial charge in [0, 0.05) is 11.1 Å². The molecule has 0 aliphatic rings. The van der Waals surface area contributed by atoms with Gasteiger partial charge in [-0.1, -0.05) is 24.3 Å². The fourth-order valence-electron chi connectivity index (χ4n) is 2.78. The molecule has 0 saturated heterocycles. The van der Waals surface area contributed by atoms with Gasteiger partial charge < -0.3 is 8.83 Å². The lowest BCUT2D eigenvalue weighted by molar-refractivity contribution is 0.582. The maximum Gasteiger partial charge on any atom is 0.134 e. The summed E-state index contributed by atoms with van der Waals surface area (Å²) in [4.78, 5) is 0. The number of furan rings is 2. The van der Waals surface area contributed by atoms with Crippen LogP contribution in [0.4, 0.5) is 0 Å². The molecule has 0 amide bonds. The highest BCUT2D eigenvalue weighted by molar-refractivity contribution is 5.93. The van der Waals surface area contributed by atoms with Crippen LogP contribution in [0.1, 0.15) is 5.56 Å². The van der Waals surface area contributed by atoms with E-state index in [1.54, 1.807) is 12.5 Å². The maximum atomic E-state index is 5.52. The molecule has 2 aromatic heterocycles. The van der Waals surface area contributed by atoms with Crippen LogP contribution >= 0.6 is 0 Å². The molecule has 0 aliphatic carbocycles. The SMILES string of the molecule is Cc1c(-c2ccco2)ccc2cc(-c3ccco3)ccc12. The number of aryl methyl sites for hydroxylation is 1. The van der Waals surface area contributed by atoms with Crippen LogP contribution in [-0.4, -0.2) is 0 Å². The normalized spacial score (nSPS) is 11.1. The Hall–Kier alpha value is -2.74. The first-order chi connectivity index (χ1) is 10.3. The molecule has 0 unspecified atom stereocenters. The highest BCUT2D eigenvalue weighted by atomic mass is 16.3. The zero-order valence-corrected chi connectivity index (χ0v) is 11.7. The molecular weight excluding hydrogens is 260 g/mol. The molecule has 0 spiro atoms. The average Bonchev–Trinajstić information content (AvgIpc) is 3.21. The Bertz CT molecular complexity index is 885. The molecule has 4 rings (SSSR count). The molecule has 0 atom stereocenters. The van der Waals surface area contributed by atoms with Gasteiger partial charge in [0.15, 0.2) is 0 Å². The second-order valence-electron chi connectivity index (χ2n) is 5.13. The number of rotatable bonds is 2. The summed E-state index contributed by atoms with van der Waals surface area (Å²) in [5.41, 5.74) is 3.46. The van der Waals surface area contributed by atoms with Gasteiger partial charge in [-0.25, -0.2) is 0 Å². The van der Waals surface area contributed by atoms with Gasteiger partial charge in [0.25, 0.3) is 0 Å². The number of benzene rings is 2. The third-order valence-corrected chi connectivity index (χ3v) is 3.88. The van der Waals surface area contributed by atoms with E-state index in [9.17, 15) is 0 Å². The van der Waals surface area contributed by atoms with Crippen molar-refractivity contribution in [2.75, 3.05) is 0 Å². The van der Waals surface area contributed by atoms with Crippen molar-refractivity contribution in [3.05, 3.63) is 72.7 Å². The van der Waals surface area contributed by atoms with Crippen molar-refractivity contribution in [2.45, 2.75) is 6.92 Å². The van der Waals surface area contributed by atoms with Crippen LogP contribution in [0, 0.1) is 6.92 Å². The predicted octanol–water partition coefficient (Wildman–Crippen LogP) is 5.67. The van der Waals surface area contributed by atoms with Gasteiger partial charge in [-0.05, 0) is 53.6 Å². The third kappa shape index (κ3) is 1.96. The van der Waals surface area contributed by atoms with Gasteiger partial charge in [-0.15, -0.1) is 0 Å². The zero-order chi connectivity index (χ0) is 14.2. The Kier molecular flexibility index (Phi) is 2.68. The molecule has 0 N–H and O–H groups in total. The fraction of sp³-hybridized carbons (Fsp3) is 0.0526. The molecule has 2 heteroatoms. The Morgan fingerprint density at radius 3 is 2.24 bits per heavy atom. The van der Waals surface area contributed by atoms with E-state index in [0.29, 0.717) is 0 Å². The number of hydrogen-bond donors (Lipinski definition) is 0. The lowest BCUT2D eigenvalue weighted by Crippen LogP contribution is -1.85. The van der Waals surface area contributed by atoms with E-state index in [1.807, 2.05) is 24.3 Å². The Balaban J connectivity index is 1.90. The van der Waals surface area contributed by atoms with Crippen LogP contribution in [0.25, 0.3) is 33.4 Å². The van der Waals surface area contributed by atoms with Crippen molar-refractivity contribution < 1.29 is 8.83 Å². The van der Waals surface area contributed by atoms with Crippen LogP contribution < -0.4 is 0 Å². The van der Waals surface area contributed by atoms with Crippen molar-refractivity contribution in [2.24, 2.45) is 0 Å². The molecule has 4 aromatic rings. The highest BCUT2D eigenvalue weighted by Crippen LogP contribution is 2.32. The van der Waals surface area contributed by atoms with E-state index in [2.05, 4.69) is 37.3 Å². The summed E-state index contributed by atoms with van der Waals surface area (Å²) in [6.45, 7) is 2.13. The molecule has 2 nitrogen and oxygen atoms in total. The van der Waals surface area contributed by atoms with Crippen molar-refractivity contribution in [3.8, 4) is 22.6 Å². The molecule has 0 fully saturated rings. The van der Waals surface area contributed by atoms with Crippen LogP contribution in [0.2, 0.25) is 0 Å². The maximum absolute atomic E-state index is 5.52. The van der Waals surface area contributed by atoms with Crippen LogP contribution in [0.5, 0.6) is 0 Å². The van der Waals surface area contributed by atoms with Gasteiger partial charge in [-0.3, -0.25) is 0 Å². The smallest absolute Gasteiger partial charge is 0.134 e. The topological polar surface area (TPSA) is 26.3 Å². The first kappa shape index (κ1) is 12.0. The van der Waals surface area contributed by atoms with Crippen molar-refractivity contribution in [3.63, 3.8) is 0 Å². The molecule has 0 bridgehead atoms. The standard InChI is InChI=1S/C19H14O2/c1-13-16-8-7-15(18-4-2-10-20-18)12-14(16)6-9-17(13)19-5-3-11-21-19/h2-12H,1H3. The molecule has 102 valence electrons. The Morgan fingerprint density at radius 1 is 0.762 bits per heavy atom. The quantitative estimate of drug-likeness (QED) is 0.471. The van der Waals surface area contributed by atoms with E-state index >= 15 is 0 Å². The summed E-state index contributed by atoms with van der Waals surface area (Å²) in [6.07, 6.45) is 3.41. The van der Waals surface area contributed by atoms with Crippen molar-refractivity contribution in [1.29, 1.82) is 0 Å². The first-order valence-corrected chi connectivity index (χ1v) is 6.94. The fourth-order valence-corrected chi connectivity index (χ4v) is 2.78. The van der Waals surface area contributed by atoms with Crippen molar-refractivity contribution >= 4 is 10.8 Å². The summed E-state index contributed by atoms with van der Waals surface area (Å²) in [6, 6.07) is 18.4. The minimum Gasteiger partial charge on any atom is -0.464 e. The molecule has 21 heavy (non-hydrogen) atoms. The minimum atomic E-state index is 0.893. The Morgan fingerprint density at radius 2 is 1.52 bits per heavy atom. The number of fused-ring (bicyclic) bond motifs is 1. The van der Waals surface area contributed by atoms with E-state index in [0.717, 1.165) is 22.6 Å². The monoisotopic (exact) mass is 274 g/mol. The van der Waals surface area contributed by atoms with E-state index in [-0.39, 0.29) is 0 Å². The minimum absolute atomic E-state index is 0.893.